The Kier molecular flexibility index (Phi) is 4.41. The Balaban J connectivity index is 1.98. The number of likely N-dealkylation sites (tertiary alicyclic amines) is 1. The van der Waals surface area contributed by atoms with Gasteiger partial charge in [-0.2, -0.15) is 0 Å². The summed E-state index contributed by atoms with van der Waals surface area (Å²) >= 11 is 0. The van der Waals surface area contributed by atoms with E-state index in [1.54, 1.807) is 0 Å². The molecule has 0 spiro atoms. The molecular formula is C16H26N2. The topological polar surface area (TPSA) is 29.3 Å². The number of nitrogens with zero attached hydrogens (tertiary/aromatic N) is 1. The zero-order valence-electron chi connectivity index (χ0n) is 11.9. The first-order chi connectivity index (χ1) is 8.58. The van der Waals surface area contributed by atoms with E-state index in [-0.39, 0.29) is 6.04 Å². The van der Waals surface area contributed by atoms with Crippen LogP contribution >= 0.6 is 0 Å². The molecule has 100 valence electrons. The van der Waals surface area contributed by atoms with Crippen LogP contribution in [0.25, 0.3) is 0 Å². The van der Waals surface area contributed by atoms with Crippen molar-refractivity contribution < 1.29 is 0 Å². The Morgan fingerprint density at radius 2 is 1.94 bits per heavy atom. The van der Waals surface area contributed by atoms with E-state index >= 15 is 0 Å². The Hall–Kier alpha value is -0.860. The fourth-order valence-corrected chi connectivity index (χ4v) is 2.85. The first-order valence-electron chi connectivity index (χ1n) is 7.14. The fourth-order valence-electron chi connectivity index (χ4n) is 2.85. The van der Waals surface area contributed by atoms with Gasteiger partial charge in [-0.05, 0) is 44.7 Å². The maximum atomic E-state index is 6.34. The second-order valence-electron chi connectivity index (χ2n) is 5.87. The summed E-state index contributed by atoms with van der Waals surface area (Å²) in [5.41, 5.74) is 8.89. The van der Waals surface area contributed by atoms with Crippen molar-refractivity contribution in [2.75, 3.05) is 13.1 Å². The van der Waals surface area contributed by atoms with Crippen LogP contribution in [0, 0.1) is 12.8 Å². The van der Waals surface area contributed by atoms with Gasteiger partial charge in [0.2, 0.25) is 0 Å². The molecule has 1 aliphatic rings. The smallest absolute Gasteiger partial charge is 0.0424 e. The van der Waals surface area contributed by atoms with Gasteiger partial charge in [0.1, 0.15) is 0 Å². The minimum atomic E-state index is 0.137. The lowest BCUT2D eigenvalue weighted by molar-refractivity contribution is 0.107. The van der Waals surface area contributed by atoms with Crippen molar-refractivity contribution in [2.24, 2.45) is 11.7 Å². The Morgan fingerprint density at radius 3 is 2.61 bits per heavy atom. The number of piperidine rings is 1. The molecule has 0 radical (unpaired) electrons. The second-order valence-corrected chi connectivity index (χ2v) is 5.87. The summed E-state index contributed by atoms with van der Waals surface area (Å²) in [6.07, 6.45) is 2.67. The molecular weight excluding hydrogens is 220 g/mol. The quantitative estimate of drug-likeness (QED) is 0.888. The van der Waals surface area contributed by atoms with Gasteiger partial charge < -0.3 is 5.73 Å². The van der Waals surface area contributed by atoms with Gasteiger partial charge in [-0.25, -0.2) is 0 Å². The second kappa shape index (κ2) is 5.85. The average Bonchev–Trinajstić information content (AvgIpc) is 2.36. The molecule has 1 fully saturated rings. The van der Waals surface area contributed by atoms with Crippen LogP contribution in [-0.2, 0) is 0 Å². The highest BCUT2D eigenvalue weighted by atomic mass is 15.2. The highest BCUT2D eigenvalue weighted by Crippen LogP contribution is 2.24. The van der Waals surface area contributed by atoms with E-state index in [9.17, 15) is 0 Å². The van der Waals surface area contributed by atoms with Crippen LogP contribution in [0.2, 0.25) is 0 Å². The predicted octanol–water partition coefficient (Wildman–Crippen LogP) is 3.12. The predicted molar refractivity (Wildman–Crippen MR) is 77.5 cm³/mol. The lowest BCUT2D eigenvalue weighted by Gasteiger charge is -2.39. The molecule has 3 atom stereocenters. The van der Waals surface area contributed by atoms with Crippen LogP contribution < -0.4 is 5.73 Å². The van der Waals surface area contributed by atoms with Crippen molar-refractivity contribution in [3.05, 3.63) is 35.4 Å². The molecule has 1 heterocycles. The van der Waals surface area contributed by atoms with Gasteiger partial charge in [0.25, 0.3) is 0 Å². The molecule has 2 heteroatoms. The zero-order valence-corrected chi connectivity index (χ0v) is 11.9. The number of benzene rings is 1. The Bertz CT molecular complexity index is 371. The highest BCUT2D eigenvalue weighted by Gasteiger charge is 2.25. The van der Waals surface area contributed by atoms with E-state index in [4.69, 9.17) is 5.73 Å². The lowest BCUT2D eigenvalue weighted by atomic mass is 9.91. The monoisotopic (exact) mass is 246 g/mol. The molecule has 2 rings (SSSR count). The third kappa shape index (κ3) is 3.12. The van der Waals surface area contributed by atoms with E-state index in [1.807, 2.05) is 0 Å². The number of rotatable bonds is 3. The summed E-state index contributed by atoms with van der Waals surface area (Å²) < 4.78 is 0. The molecule has 1 saturated heterocycles. The minimum absolute atomic E-state index is 0.137. The van der Waals surface area contributed by atoms with E-state index in [2.05, 4.69) is 49.9 Å². The molecule has 0 amide bonds. The van der Waals surface area contributed by atoms with Crippen LogP contribution in [-0.4, -0.2) is 24.0 Å². The molecule has 3 unspecified atom stereocenters. The summed E-state index contributed by atoms with van der Waals surface area (Å²) in [5, 5.41) is 0. The van der Waals surface area contributed by atoms with E-state index in [0.29, 0.717) is 6.04 Å². The van der Waals surface area contributed by atoms with E-state index < -0.39 is 0 Å². The van der Waals surface area contributed by atoms with Gasteiger partial charge in [-0.3, -0.25) is 4.90 Å². The molecule has 2 N–H and O–H groups in total. The molecule has 0 aromatic heterocycles. The van der Waals surface area contributed by atoms with Crippen LogP contribution in [0.4, 0.5) is 0 Å². The van der Waals surface area contributed by atoms with Crippen LogP contribution in [0.1, 0.15) is 43.9 Å². The van der Waals surface area contributed by atoms with Crippen LogP contribution in [0.5, 0.6) is 0 Å². The minimum Gasteiger partial charge on any atom is -0.323 e. The van der Waals surface area contributed by atoms with Crippen molar-refractivity contribution in [1.82, 2.24) is 4.90 Å². The summed E-state index contributed by atoms with van der Waals surface area (Å²) in [6, 6.07) is 9.43. The molecule has 1 aromatic rings. The normalized spacial score (nSPS) is 27.1. The molecule has 0 aliphatic carbocycles. The lowest BCUT2D eigenvalue weighted by Crippen LogP contribution is -2.45. The SMILES string of the molecule is Cc1ccc(C(N)CN2CCCC(C)C2C)cc1. The molecule has 1 aliphatic heterocycles. The van der Waals surface area contributed by atoms with Crippen molar-refractivity contribution in [3.63, 3.8) is 0 Å². The largest absolute Gasteiger partial charge is 0.323 e. The van der Waals surface area contributed by atoms with Gasteiger partial charge >= 0.3 is 0 Å². The van der Waals surface area contributed by atoms with E-state index in [1.165, 1.54) is 30.5 Å². The van der Waals surface area contributed by atoms with Gasteiger partial charge in [0.15, 0.2) is 0 Å². The summed E-state index contributed by atoms with van der Waals surface area (Å²) in [6.45, 7) is 8.99. The maximum absolute atomic E-state index is 6.34. The maximum Gasteiger partial charge on any atom is 0.0424 e. The molecule has 2 nitrogen and oxygen atoms in total. The number of aryl methyl sites for hydroxylation is 1. The van der Waals surface area contributed by atoms with Crippen LogP contribution in [0.15, 0.2) is 24.3 Å². The first kappa shape index (κ1) is 13.6. The molecule has 1 aromatic carbocycles. The van der Waals surface area contributed by atoms with Crippen molar-refractivity contribution >= 4 is 0 Å². The number of nitrogens with two attached hydrogens (primary N) is 1. The standard InChI is InChI=1S/C16H26N2/c1-12-6-8-15(9-7-12)16(17)11-18-10-4-5-13(2)14(18)3/h6-9,13-14,16H,4-5,10-11,17H2,1-3H3. The average molecular weight is 246 g/mol. The van der Waals surface area contributed by atoms with Crippen LogP contribution in [0.3, 0.4) is 0 Å². The summed E-state index contributed by atoms with van der Waals surface area (Å²) in [7, 11) is 0. The number of hydrogen-bond acceptors (Lipinski definition) is 2. The Morgan fingerprint density at radius 1 is 1.28 bits per heavy atom. The fraction of sp³-hybridized carbons (Fsp3) is 0.625. The Labute approximate surface area is 111 Å². The van der Waals surface area contributed by atoms with Gasteiger partial charge in [-0.1, -0.05) is 36.8 Å². The van der Waals surface area contributed by atoms with Crippen molar-refractivity contribution in [1.29, 1.82) is 0 Å². The third-order valence-corrected chi connectivity index (χ3v) is 4.44. The van der Waals surface area contributed by atoms with Crippen molar-refractivity contribution in [3.8, 4) is 0 Å². The third-order valence-electron chi connectivity index (χ3n) is 4.44. The van der Waals surface area contributed by atoms with Gasteiger partial charge in [0.05, 0.1) is 0 Å². The summed E-state index contributed by atoms with van der Waals surface area (Å²) in [5.74, 6) is 0.795. The first-order valence-corrected chi connectivity index (χ1v) is 7.14. The molecule has 0 saturated carbocycles. The van der Waals surface area contributed by atoms with Crippen molar-refractivity contribution in [2.45, 2.75) is 45.7 Å². The molecule has 0 bridgehead atoms. The van der Waals surface area contributed by atoms with E-state index in [0.717, 1.165) is 12.5 Å². The zero-order chi connectivity index (χ0) is 13.1. The molecule has 18 heavy (non-hydrogen) atoms. The highest BCUT2D eigenvalue weighted by molar-refractivity contribution is 5.24. The van der Waals surface area contributed by atoms with Gasteiger partial charge in [-0.15, -0.1) is 0 Å². The van der Waals surface area contributed by atoms with Gasteiger partial charge in [0, 0.05) is 18.6 Å². The summed E-state index contributed by atoms with van der Waals surface area (Å²) in [4.78, 5) is 2.55. The number of hydrogen-bond donors (Lipinski definition) is 1.